The predicted molar refractivity (Wildman–Crippen MR) is 96.3 cm³/mol. The molecular weight excluding hydrogens is 302 g/mol. The van der Waals surface area contributed by atoms with E-state index >= 15 is 0 Å². The summed E-state index contributed by atoms with van der Waals surface area (Å²) in [5.41, 5.74) is 0. The Morgan fingerprint density at radius 1 is 1.04 bits per heavy atom. The van der Waals surface area contributed by atoms with E-state index < -0.39 is 0 Å². The molecule has 3 heterocycles. The van der Waals surface area contributed by atoms with Crippen LogP contribution < -0.4 is 9.80 Å². The van der Waals surface area contributed by atoms with Crippen molar-refractivity contribution >= 4 is 17.5 Å². The van der Waals surface area contributed by atoms with Crippen molar-refractivity contribution in [2.45, 2.75) is 46.1 Å². The Labute approximate surface area is 144 Å². The molecule has 0 aromatic carbocycles. The van der Waals surface area contributed by atoms with Gasteiger partial charge in [0, 0.05) is 44.7 Å². The first-order valence-electron chi connectivity index (χ1n) is 9.20. The number of hydrogen-bond donors (Lipinski definition) is 0. The van der Waals surface area contributed by atoms with Gasteiger partial charge in [0.25, 0.3) is 0 Å². The second-order valence-corrected chi connectivity index (χ2v) is 7.25. The van der Waals surface area contributed by atoms with Gasteiger partial charge in [-0.25, -0.2) is 0 Å². The van der Waals surface area contributed by atoms with E-state index in [2.05, 4.69) is 39.1 Å². The van der Waals surface area contributed by atoms with Crippen LogP contribution in [0.3, 0.4) is 0 Å². The molecule has 6 nitrogen and oxygen atoms in total. The molecule has 1 aromatic rings. The first kappa shape index (κ1) is 17.0. The smallest absolute Gasteiger partial charge is 0.225 e. The summed E-state index contributed by atoms with van der Waals surface area (Å²) in [6.45, 7) is 10.4. The lowest BCUT2D eigenvalue weighted by Crippen LogP contribution is -2.50. The Kier molecular flexibility index (Phi) is 5.21. The van der Waals surface area contributed by atoms with E-state index in [0.717, 1.165) is 44.4 Å². The molecular formula is C18H29N5O. The molecule has 2 aliphatic rings. The number of aromatic nitrogens is 2. The summed E-state index contributed by atoms with van der Waals surface area (Å²) < 4.78 is 0. The Morgan fingerprint density at radius 2 is 1.71 bits per heavy atom. The highest BCUT2D eigenvalue weighted by atomic mass is 16.2. The molecule has 6 heteroatoms. The van der Waals surface area contributed by atoms with Gasteiger partial charge in [0.15, 0.2) is 11.6 Å². The van der Waals surface area contributed by atoms with Gasteiger partial charge < -0.3 is 14.7 Å². The fraction of sp³-hybridized carbons (Fsp3) is 0.722. The van der Waals surface area contributed by atoms with E-state index in [0.29, 0.717) is 6.04 Å². The van der Waals surface area contributed by atoms with E-state index in [1.807, 2.05) is 18.7 Å². The summed E-state index contributed by atoms with van der Waals surface area (Å²) in [5, 5.41) is 8.91. The van der Waals surface area contributed by atoms with Gasteiger partial charge in [0.1, 0.15) is 0 Å². The Morgan fingerprint density at radius 3 is 2.29 bits per heavy atom. The number of anilines is 2. The standard InChI is InChI=1S/C18H29N5O/c1-14(2)18(24)22-12-10-21(11-13-22)16-7-8-17(20-19-16)23-9-5-4-6-15(23)3/h7-8,14-15H,4-6,9-13H2,1-3H3. The van der Waals surface area contributed by atoms with Crippen molar-refractivity contribution in [2.24, 2.45) is 5.92 Å². The van der Waals surface area contributed by atoms with E-state index in [1.54, 1.807) is 0 Å². The largest absolute Gasteiger partial charge is 0.352 e. The maximum atomic E-state index is 12.1. The highest BCUT2D eigenvalue weighted by molar-refractivity contribution is 5.78. The van der Waals surface area contributed by atoms with Crippen LogP contribution in [-0.2, 0) is 4.79 Å². The van der Waals surface area contributed by atoms with Crippen LogP contribution in [-0.4, -0.2) is 59.8 Å². The van der Waals surface area contributed by atoms with Crippen molar-refractivity contribution < 1.29 is 4.79 Å². The predicted octanol–water partition coefficient (Wildman–Crippen LogP) is 2.16. The fourth-order valence-corrected chi connectivity index (χ4v) is 3.60. The third kappa shape index (κ3) is 3.62. The number of piperidine rings is 1. The van der Waals surface area contributed by atoms with Gasteiger partial charge in [-0.3, -0.25) is 4.79 Å². The van der Waals surface area contributed by atoms with Crippen LogP contribution in [0.25, 0.3) is 0 Å². The average molecular weight is 331 g/mol. The highest BCUT2D eigenvalue weighted by Crippen LogP contribution is 2.23. The first-order valence-corrected chi connectivity index (χ1v) is 9.20. The van der Waals surface area contributed by atoms with Crippen LogP contribution in [0.15, 0.2) is 12.1 Å². The molecule has 2 aliphatic heterocycles. The van der Waals surface area contributed by atoms with Crippen LogP contribution in [0.1, 0.15) is 40.0 Å². The summed E-state index contributed by atoms with van der Waals surface area (Å²) in [6, 6.07) is 4.71. The van der Waals surface area contributed by atoms with Crippen LogP contribution in [0.4, 0.5) is 11.6 Å². The first-order chi connectivity index (χ1) is 11.6. The molecule has 132 valence electrons. The minimum Gasteiger partial charge on any atom is -0.352 e. The van der Waals surface area contributed by atoms with Gasteiger partial charge in [0.2, 0.25) is 5.91 Å². The van der Waals surface area contributed by atoms with Crippen LogP contribution in [0, 0.1) is 5.92 Å². The number of piperazine rings is 1. The number of carbonyl (C=O) groups is 1. The molecule has 1 atom stereocenters. The zero-order valence-corrected chi connectivity index (χ0v) is 15.1. The number of hydrogen-bond acceptors (Lipinski definition) is 5. The van der Waals surface area contributed by atoms with Crippen LogP contribution >= 0.6 is 0 Å². The lowest BCUT2D eigenvalue weighted by atomic mass is 10.0. The van der Waals surface area contributed by atoms with Crippen molar-refractivity contribution in [1.82, 2.24) is 15.1 Å². The van der Waals surface area contributed by atoms with Crippen LogP contribution in [0.2, 0.25) is 0 Å². The summed E-state index contributed by atoms with van der Waals surface area (Å²) in [6.07, 6.45) is 3.78. The zero-order chi connectivity index (χ0) is 17.1. The third-order valence-corrected chi connectivity index (χ3v) is 5.14. The summed E-state index contributed by atoms with van der Waals surface area (Å²) in [7, 11) is 0. The van der Waals surface area contributed by atoms with E-state index in [4.69, 9.17) is 0 Å². The molecule has 1 aromatic heterocycles. The van der Waals surface area contributed by atoms with Crippen molar-refractivity contribution in [3.05, 3.63) is 12.1 Å². The summed E-state index contributed by atoms with van der Waals surface area (Å²) >= 11 is 0. The van der Waals surface area contributed by atoms with Gasteiger partial charge >= 0.3 is 0 Å². The summed E-state index contributed by atoms with van der Waals surface area (Å²) in [5.74, 6) is 2.22. The topological polar surface area (TPSA) is 52.6 Å². The van der Waals surface area contributed by atoms with Crippen LogP contribution in [0.5, 0.6) is 0 Å². The summed E-state index contributed by atoms with van der Waals surface area (Å²) in [4.78, 5) is 18.6. The molecule has 2 saturated heterocycles. The van der Waals surface area contributed by atoms with Crippen molar-refractivity contribution in [1.29, 1.82) is 0 Å². The highest BCUT2D eigenvalue weighted by Gasteiger charge is 2.24. The molecule has 0 aliphatic carbocycles. The Bertz CT molecular complexity index is 551. The Hall–Kier alpha value is -1.85. The van der Waals surface area contributed by atoms with Gasteiger partial charge in [-0.05, 0) is 38.3 Å². The SMILES string of the molecule is CC(C)C(=O)N1CCN(c2ccc(N3CCCCC3C)nn2)CC1. The van der Waals surface area contributed by atoms with Crippen molar-refractivity contribution in [2.75, 3.05) is 42.5 Å². The van der Waals surface area contributed by atoms with Gasteiger partial charge in [-0.1, -0.05) is 13.8 Å². The quantitative estimate of drug-likeness (QED) is 0.849. The number of rotatable bonds is 3. The molecule has 2 fully saturated rings. The molecule has 3 rings (SSSR count). The van der Waals surface area contributed by atoms with Crippen molar-refractivity contribution in [3.8, 4) is 0 Å². The number of nitrogens with zero attached hydrogens (tertiary/aromatic N) is 5. The second kappa shape index (κ2) is 7.36. The zero-order valence-electron chi connectivity index (χ0n) is 15.1. The van der Waals surface area contributed by atoms with Crippen molar-refractivity contribution in [3.63, 3.8) is 0 Å². The second-order valence-electron chi connectivity index (χ2n) is 7.25. The molecule has 1 amide bonds. The Balaban J connectivity index is 1.59. The van der Waals surface area contributed by atoms with Gasteiger partial charge in [-0.15, -0.1) is 10.2 Å². The maximum absolute atomic E-state index is 12.1. The molecule has 0 saturated carbocycles. The molecule has 24 heavy (non-hydrogen) atoms. The van der Waals surface area contributed by atoms with E-state index in [9.17, 15) is 4.79 Å². The monoisotopic (exact) mass is 331 g/mol. The minimum absolute atomic E-state index is 0.0714. The molecule has 0 N–H and O–H groups in total. The molecule has 0 spiro atoms. The normalized spacial score (nSPS) is 22.2. The lowest BCUT2D eigenvalue weighted by molar-refractivity contribution is -0.134. The fourth-order valence-electron chi connectivity index (χ4n) is 3.60. The molecule has 1 unspecified atom stereocenters. The van der Waals surface area contributed by atoms with E-state index in [-0.39, 0.29) is 11.8 Å². The van der Waals surface area contributed by atoms with E-state index in [1.165, 1.54) is 19.3 Å². The van der Waals surface area contributed by atoms with Gasteiger partial charge in [0.05, 0.1) is 0 Å². The average Bonchev–Trinajstić information content (AvgIpc) is 2.62. The van der Waals surface area contributed by atoms with Gasteiger partial charge in [-0.2, -0.15) is 0 Å². The minimum atomic E-state index is 0.0714. The third-order valence-electron chi connectivity index (χ3n) is 5.14. The molecule has 0 bridgehead atoms. The molecule has 0 radical (unpaired) electrons. The maximum Gasteiger partial charge on any atom is 0.225 e. The number of carbonyl (C=O) groups excluding carboxylic acids is 1. The number of amides is 1. The lowest BCUT2D eigenvalue weighted by Gasteiger charge is -2.36.